The number of nitrogens with one attached hydrogen (secondary N) is 1. The predicted octanol–water partition coefficient (Wildman–Crippen LogP) is 2.51. The van der Waals surface area contributed by atoms with Crippen LogP contribution in [0, 0.1) is 11.2 Å². The number of hydrogen-bond acceptors (Lipinski definition) is 3. The highest BCUT2D eigenvalue weighted by molar-refractivity contribution is 6.34. The molecule has 0 radical (unpaired) electrons. The molecule has 0 bridgehead atoms. The van der Waals surface area contributed by atoms with Crippen molar-refractivity contribution < 1.29 is 23.9 Å². The summed E-state index contributed by atoms with van der Waals surface area (Å²) >= 11 is 0. The third-order valence-corrected chi connectivity index (χ3v) is 4.49. The lowest BCUT2D eigenvalue weighted by molar-refractivity contribution is -0.148. The highest BCUT2D eigenvalue weighted by atomic mass is 19.1. The maximum Gasteiger partial charge on any atom is 0.309 e. The number of carbonyl (C=O) groups excluding carboxylic acids is 2. The average molecular weight is 386 g/mol. The maximum absolute atomic E-state index is 13.4. The van der Waals surface area contributed by atoms with Crippen molar-refractivity contribution in [2.75, 3.05) is 0 Å². The van der Waals surface area contributed by atoms with E-state index in [0.717, 1.165) is 16.7 Å². The van der Waals surface area contributed by atoms with Gasteiger partial charge in [-0.05, 0) is 55.5 Å². The molecule has 2 aromatic carbocycles. The molecule has 0 spiro atoms. The van der Waals surface area contributed by atoms with Crippen LogP contribution in [0.25, 0.3) is 11.1 Å². The van der Waals surface area contributed by atoms with E-state index in [9.17, 15) is 23.9 Å². The fourth-order valence-corrected chi connectivity index (χ4v) is 2.92. The molecule has 0 aliphatic carbocycles. The molecule has 2 aromatic rings. The molecule has 0 saturated heterocycles. The number of carboxylic acid groups (broad SMARTS) is 1. The Labute approximate surface area is 162 Å². The zero-order valence-electron chi connectivity index (χ0n) is 15.7. The highest BCUT2D eigenvalue weighted by Gasteiger charge is 2.32. The number of amides is 2. The average Bonchev–Trinajstić information content (AvgIpc) is 2.61. The number of benzene rings is 2. The molecular weight excluding hydrogens is 363 g/mol. The Morgan fingerprint density at radius 3 is 2.29 bits per heavy atom. The summed E-state index contributed by atoms with van der Waals surface area (Å²) in [6, 6.07) is 12.9. The summed E-state index contributed by atoms with van der Waals surface area (Å²) < 4.78 is 13.4. The number of hydrogen-bond donors (Lipinski definition) is 3. The van der Waals surface area contributed by atoms with Gasteiger partial charge in [-0.25, -0.2) is 4.39 Å². The Morgan fingerprint density at radius 2 is 1.75 bits per heavy atom. The van der Waals surface area contributed by atoms with E-state index in [4.69, 9.17) is 5.73 Å². The smallest absolute Gasteiger partial charge is 0.309 e. The van der Waals surface area contributed by atoms with Crippen molar-refractivity contribution in [2.45, 2.75) is 32.7 Å². The van der Waals surface area contributed by atoms with Crippen LogP contribution in [0.2, 0.25) is 0 Å². The van der Waals surface area contributed by atoms with Crippen LogP contribution in [-0.4, -0.2) is 28.9 Å². The molecule has 0 heterocycles. The number of primary amides is 1. The minimum Gasteiger partial charge on any atom is -0.481 e. The minimum absolute atomic E-state index is 0.118. The van der Waals surface area contributed by atoms with Gasteiger partial charge in [-0.2, -0.15) is 0 Å². The van der Waals surface area contributed by atoms with Crippen LogP contribution >= 0.6 is 0 Å². The number of carboxylic acids is 1. The molecule has 0 saturated carbocycles. The molecule has 6 nitrogen and oxygen atoms in total. The normalized spacial score (nSPS) is 12.2. The molecular formula is C21H23FN2O4. The van der Waals surface area contributed by atoms with Crippen LogP contribution in [0.1, 0.15) is 25.8 Å². The van der Waals surface area contributed by atoms with Crippen molar-refractivity contribution >= 4 is 17.8 Å². The molecule has 0 aromatic heterocycles. The number of carbonyl (C=O) groups is 3. The summed E-state index contributed by atoms with van der Waals surface area (Å²) in [5.41, 5.74) is 6.29. The van der Waals surface area contributed by atoms with Gasteiger partial charge in [0.2, 0.25) is 0 Å². The van der Waals surface area contributed by atoms with E-state index >= 15 is 0 Å². The van der Waals surface area contributed by atoms with Gasteiger partial charge in [0, 0.05) is 6.04 Å². The quantitative estimate of drug-likeness (QED) is 0.635. The van der Waals surface area contributed by atoms with Crippen LogP contribution in [0.3, 0.4) is 0 Å². The first-order chi connectivity index (χ1) is 13.1. The zero-order valence-corrected chi connectivity index (χ0v) is 15.7. The van der Waals surface area contributed by atoms with Gasteiger partial charge < -0.3 is 16.2 Å². The van der Waals surface area contributed by atoms with E-state index in [1.165, 1.54) is 12.1 Å². The van der Waals surface area contributed by atoms with Gasteiger partial charge in [0.1, 0.15) is 5.82 Å². The Hall–Kier alpha value is -3.22. The second kappa shape index (κ2) is 8.65. The van der Waals surface area contributed by atoms with Crippen molar-refractivity contribution in [1.82, 2.24) is 5.32 Å². The summed E-state index contributed by atoms with van der Waals surface area (Å²) in [6.45, 7) is 3.09. The van der Waals surface area contributed by atoms with E-state index in [-0.39, 0.29) is 12.2 Å². The largest absolute Gasteiger partial charge is 0.481 e. The summed E-state index contributed by atoms with van der Waals surface area (Å²) in [5.74, 6) is -3.42. The van der Waals surface area contributed by atoms with Gasteiger partial charge in [-0.1, -0.05) is 36.4 Å². The fourth-order valence-electron chi connectivity index (χ4n) is 2.92. The van der Waals surface area contributed by atoms with Crippen LogP contribution in [0.4, 0.5) is 4.39 Å². The van der Waals surface area contributed by atoms with Crippen molar-refractivity contribution in [3.8, 4) is 11.1 Å². The maximum atomic E-state index is 13.4. The number of aliphatic carboxylic acids is 1. The molecule has 2 amide bonds. The van der Waals surface area contributed by atoms with Crippen LogP contribution in [0.5, 0.6) is 0 Å². The van der Waals surface area contributed by atoms with E-state index in [1.807, 2.05) is 24.3 Å². The zero-order chi connectivity index (χ0) is 20.9. The predicted molar refractivity (Wildman–Crippen MR) is 103 cm³/mol. The summed E-state index contributed by atoms with van der Waals surface area (Å²) in [7, 11) is 0. The molecule has 148 valence electrons. The van der Waals surface area contributed by atoms with Gasteiger partial charge in [-0.15, -0.1) is 0 Å². The number of nitrogens with two attached hydrogens (primary N) is 1. The monoisotopic (exact) mass is 386 g/mol. The molecule has 0 aliphatic heterocycles. The van der Waals surface area contributed by atoms with E-state index in [1.54, 1.807) is 26.0 Å². The molecule has 7 heteroatoms. The van der Waals surface area contributed by atoms with Gasteiger partial charge >= 0.3 is 17.8 Å². The van der Waals surface area contributed by atoms with E-state index < -0.39 is 29.2 Å². The molecule has 0 fully saturated rings. The number of rotatable bonds is 7. The van der Waals surface area contributed by atoms with E-state index in [2.05, 4.69) is 5.32 Å². The third kappa shape index (κ3) is 5.64. The summed E-state index contributed by atoms with van der Waals surface area (Å²) in [5, 5.41) is 11.9. The SMILES string of the molecule is CC(C)(C[C@@H](Cc1ccc(-c2cccc(F)c2)cc1)NC(=O)C(N)=O)C(=O)O. The fraction of sp³-hybridized carbons (Fsp3) is 0.286. The lowest BCUT2D eigenvalue weighted by atomic mass is 9.83. The van der Waals surface area contributed by atoms with E-state index in [0.29, 0.717) is 6.42 Å². The Kier molecular flexibility index (Phi) is 6.51. The Morgan fingerprint density at radius 1 is 1.11 bits per heavy atom. The lowest BCUT2D eigenvalue weighted by Gasteiger charge is -2.26. The van der Waals surface area contributed by atoms with Gasteiger partial charge in [0.15, 0.2) is 0 Å². The second-order valence-electron chi connectivity index (χ2n) is 7.34. The van der Waals surface area contributed by atoms with Gasteiger partial charge in [-0.3, -0.25) is 14.4 Å². The summed E-state index contributed by atoms with van der Waals surface area (Å²) in [6.07, 6.45) is 0.437. The van der Waals surface area contributed by atoms with Gasteiger partial charge in [0.25, 0.3) is 0 Å². The molecule has 28 heavy (non-hydrogen) atoms. The third-order valence-electron chi connectivity index (χ3n) is 4.49. The van der Waals surface area contributed by atoms with Gasteiger partial charge in [0.05, 0.1) is 5.41 Å². The van der Waals surface area contributed by atoms with Crippen molar-refractivity contribution in [2.24, 2.45) is 11.1 Å². The van der Waals surface area contributed by atoms with Crippen LogP contribution in [-0.2, 0) is 20.8 Å². The van der Waals surface area contributed by atoms with Crippen molar-refractivity contribution in [3.63, 3.8) is 0 Å². The molecule has 0 aliphatic rings. The topological polar surface area (TPSA) is 109 Å². The van der Waals surface area contributed by atoms with Crippen molar-refractivity contribution in [3.05, 3.63) is 59.9 Å². The minimum atomic E-state index is -1.13. The van der Waals surface area contributed by atoms with Crippen LogP contribution < -0.4 is 11.1 Å². The first-order valence-corrected chi connectivity index (χ1v) is 8.77. The molecule has 4 N–H and O–H groups in total. The highest BCUT2D eigenvalue weighted by Crippen LogP contribution is 2.25. The van der Waals surface area contributed by atoms with Crippen molar-refractivity contribution in [1.29, 1.82) is 0 Å². The standard InChI is InChI=1S/C21H23FN2O4/c1-21(2,20(27)28)12-17(24-19(26)18(23)25)10-13-6-8-14(9-7-13)15-4-3-5-16(22)11-15/h3-9,11,17H,10,12H2,1-2H3,(H2,23,25)(H,24,26)(H,27,28)/t17-/m1/s1. The summed E-state index contributed by atoms with van der Waals surface area (Å²) in [4.78, 5) is 34.2. The molecule has 2 rings (SSSR count). The second-order valence-corrected chi connectivity index (χ2v) is 7.34. The molecule has 1 atom stereocenters. The Balaban J connectivity index is 2.19. The first-order valence-electron chi connectivity index (χ1n) is 8.77. The Bertz CT molecular complexity index is 878. The lowest BCUT2D eigenvalue weighted by Crippen LogP contribution is -2.46. The molecule has 0 unspecified atom stereocenters. The van der Waals surface area contributed by atoms with Crippen LogP contribution in [0.15, 0.2) is 48.5 Å². The first kappa shape index (κ1) is 21.1. The number of halogens is 1.